The summed E-state index contributed by atoms with van der Waals surface area (Å²) in [7, 11) is 1.46. The number of rotatable bonds is 8. The summed E-state index contributed by atoms with van der Waals surface area (Å²) in [4.78, 5) is 35.0. The van der Waals surface area contributed by atoms with E-state index in [0.29, 0.717) is 28.5 Å². The zero-order valence-electron chi connectivity index (χ0n) is 18.3. The number of benzene rings is 2. The Kier molecular flexibility index (Phi) is 7.21. The summed E-state index contributed by atoms with van der Waals surface area (Å²) in [6, 6.07) is 16.4. The summed E-state index contributed by atoms with van der Waals surface area (Å²) in [5.41, 5.74) is 0.975. The number of nitro groups is 1. The predicted molar refractivity (Wildman–Crippen MR) is 132 cm³/mol. The Hall–Kier alpha value is -4.45. The smallest absolute Gasteiger partial charge is 0.270 e. The molecule has 0 radical (unpaired) electrons. The maximum Gasteiger partial charge on any atom is 0.270 e. The number of furan rings is 1. The number of anilines is 1. The minimum Gasteiger partial charge on any atom is -0.496 e. The lowest BCUT2D eigenvalue weighted by Gasteiger charge is -2.06. The number of hydrogen-bond donors (Lipinski definition) is 2. The second-order valence-corrected chi connectivity index (χ2v) is 8.40. The van der Waals surface area contributed by atoms with Crippen molar-refractivity contribution in [2.45, 2.75) is 11.7 Å². The molecule has 0 bridgehead atoms. The van der Waals surface area contributed by atoms with Crippen LogP contribution in [0.15, 0.2) is 75.3 Å². The molecule has 0 unspecified atom stereocenters. The van der Waals surface area contributed by atoms with E-state index in [4.69, 9.17) is 9.15 Å². The second-order valence-electron chi connectivity index (χ2n) is 7.21. The lowest BCUT2D eigenvalue weighted by Crippen LogP contribution is -2.28. The van der Waals surface area contributed by atoms with E-state index in [1.807, 2.05) is 6.07 Å². The fourth-order valence-electron chi connectivity index (χ4n) is 3.20. The number of non-ortho nitro benzene ring substituents is 1. The summed E-state index contributed by atoms with van der Waals surface area (Å²) in [6.45, 7) is 0. The highest BCUT2D eigenvalue weighted by molar-refractivity contribution is 8.15. The lowest BCUT2D eigenvalue weighted by molar-refractivity contribution is -0.384. The van der Waals surface area contributed by atoms with Crippen LogP contribution in [0.5, 0.6) is 5.75 Å². The number of hydrogen-bond acceptors (Lipinski definition) is 9. The molecule has 2 heterocycles. The minimum absolute atomic E-state index is 0.0132. The molecule has 35 heavy (non-hydrogen) atoms. The van der Waals surface area contributed by atoms with Crippen LogP contribution in [0.3, 0.4) is 0 Å². The van der Waals surface area contributed by atoms with Crippen molar-refractivity contribution in [1.82, 2.24) is 5.32 Å². The van der Waals surface area contributed by atoms with Gasteiger partial charge in [-0.25, -0.2) is 0 Å². The number of ether oxygens (including phenoxy) is 1. The number of nitrogens with one attached hydrogen (secondary N) is 2. The van der Waals surface area contributed by atoms with Gasteiger partial charge in [-0.15, -0.1) is 5.10 Å². The molecule has 2 N–H and O–H groups in total. The molecule has 3 aromatic rings. The Morgan fingerprint density at radius 2 is 2.06 bits per heavy atom. The van der Waals surface area contributed by atoms with E-state index in [0.717, 1.165) is 11.8 Å². The van der Waals surface area contributed by atoms with Crippen LogP contribution in [-0.2, 0) is 9.59 Å². The van der Waals surface area contributed by atoms with Gasteiger partial charge in [0.25, 0.3) is 5.69 Å². The fraction of sp³-hybridized carbons (Fsp3) is 0.130. The predicted octanol–water partition coefficient (Wildman–Crippen LogP) is 3.81. The van der Waals surface area contributed by atoms with Crippen LogP contribution < -0.4 is 15.4 Å². The summed E-state index contributed by atoms with van der Waals surface area (Å²) in [5.74, 6) is 0.498. The van der Waals surface area contributed by atoms with Crippen LogP contribution in [0.25, 0.3) is 11.3 Å². The van der Waals surface area contributed by atoms with E-state index >= 15 is 0 Å². The van der Waals surface area contributed by atoms with Gasteiger partial charge in [0.1, 0.15) is 22.5 Å². The van der Waals surface area contributed by atoms with E-state index in [1.54, 1.807) is 36.4 Å². The van der Waals surface area contributed by atoms with E-state index in [2.05, 4.69) is 20.8 Å². The first-order chi connectivity index (χ1) is 16.9. The van der Waals surface area contributed by atoms with Crippen molar-refractivity contribution >= 4 is 46.3 Å². The fourth-order valence-corrected chi connectivity index (χ4v) is 4.12. The van der Waals surface area contributed by atoms with Gasteiger partial charge in [0.2, 0.25) is 11.8 Å². The van der Waals surface area contributed by atoms with Crippen LogP contribution in [0.4, 0.5) is 11.4 Å². The van der Waals surface area contributed by atoms with Gasteiger partial charge in [-0.2, -0.15) is 5.10 Å². The van der Waals surface area contributed by atoms with Gasteiger partial charge in [0.15, 0.2) is 5.17 Å². The largest absolute Gasteiger partial charge is 0.496 e. The molecule has 0 aliphatic carbocycles. The van der Waals surface area contributed by atoms with Crippen LogP contribution >= 0.6 is 11.8 Å². The second kappa shape index (κ2) is 10.7. The zero-order valence-corrected chi connectivity index (χ0v) is 19.2. The maximum absolute atomic E-state index is 12.2. The molecule has 11 nitrogen and oxygen atoms in total. The molecule has 2 amide bonds. The van der Waals surface area contributed by atoms with E-state index in [9.17, 15) is 19.7 Å². The first kappa shape index (κ1) is 23.7. The number of carbonyl (C=O) groups excluding carboxylic acids is 2. The van der Waals surface area contributed by atoms with Gasteiger partial charge in [-0.05, 0) is 30.3 Å². The van der Waals surface area contributed by atoms with Crippen molar-refractivity contribution in [3.05, 3.63) is 76.5 Å². The summed E-state index contributed by atoms with van der Waals surface area (Å²) in [5, 5.41) is 24.0. The van der Waals surface area contributed by atoms with Crippen LogP contribution in [0.1, 0.15) is 12.2 Å². The highest BCUT2D eigenvalue weighted by atomic mass is 32.2. The average Bonchev–Trinajstić information content (AvgIpc) is 3.45. The maximum atomic E-state index is 12.2. The molecule has 1 atom stereocenters. The molecule has 0 spiro atoms. The summed E-state index contributed by atoms with van der Waals surface area (Å²) in [6.07, 6.45) is 1.32. The number of amidine groups is 1. The Morgan fingerprint density at radius 3 is 2.80 bits per heavy atom. The third-order valence-corrected chi connectivity index (χ3v) is 5.90. The number of nitrogens with zero attached hydrogens (tertiary/aromatic N) is 3. The van der Waals surface area contributed by atoms with Gasteiger partial charge in [0, 0.05) is 24.2 Å². The molecule has 1 aliphatic heterocycles. The summed E-state index contributed by atoms with van der Waals surface area (Å²) >= 11 is 1.11. The average molecular weight is 494 g/mol. The highest BCUT2D eigenvalue weighted by Gasteiger charge is 2.32. The zero-order chi connectivity index (χ0) is 24.8. The third kappa shape index (κ3) is 5.92. The van der Waals surface area contributed by atoms with Crippen LogP contribution in [0.2, 0.25) is 0 Å². The van der Waals surface area contributed by atoms with Crippen molar-refractivity contribution < 1.29 is 23.7 Å². The quantitative estimate of drug-likeness (QED) is 0.275. The lowest BCUT2D eigenvalue weighted by atomic mass is 10.1. The molecule has 4 rings (SSSR count). The monoisotopic (exact) mass is 493 g/mol. The Balaban J connectivity index is 1.38. The number of thioether (sulfide) groups is 1. The number of para-hydroxylation sites is 1. The molecule has 1 aliphatic rings. The van der Waals surface area contributed by atoms with Gasteiger partial charge in [-0.3, -0.25) is 19.7 Å². The van der Waals surface area contributed by atoms with Crippen molar-refractivity contribution in [2.75, 3.05) is 12.4 Å². The third-order valence-electron chi connectivity index (χ3n) is 4.82. The number of nitro benzene ring substituents is 1. The van der Waals surface area contributed by atoms with Gasteiger partial charge < -0.3 is 19.8 Å². The minimum atomic E-state index is -0.621. The number of methoxy groups -OCH3 is 1. The van der Waals surface area contributed by atoms with Gasteiger partial charge in [-0.1, -0.05) is 30.0 Å². The molecular weight excluding hydrogens is 474 g/mol. The topological polar surface area (TPSA) is 148 Å². The molecule has 1 saturated heterocycles. The molecule has 1 aromatic heterocycles. The molecule has 1 fully saturated rings. The van der Waals surface area contributed by atoms with Crippen LogP contribution in [-0.4, -0.2) is 40.5 Å². The SMILES string of the molecule is COc1ccc([N+](=O)[O-])cc1-c1ccc(/C=N\N=C2\NC(=O)[C@H](CC(=O)Nc3ccccc3)S2)o1. The van der Waals surface area contributed by atoms with Crippen LogP contribution in [0, 0.1) is 10.1 Å². The normalized spacial score (nSPS) is 16.4. The summed E-state index contributed by atoms with van der Waals surface area (Å²) < 4.78 is 11.0. The Bertz CT molecular complexity index is 1320. The molecular formula is C23H19N5O6S. The standard InChI is InChI=1S/C23H19N5O6S/c1-33-18-9-7-15(28(31)32)11-17(18)19-10-8-16(34-19)13-24-27-23-26-22(30)20(35-23)12-21(29)25-14-5-3-2-4-6-14/h2-11,13,20H,12H2,1H3,(H,25,29)(H,26,27,30)/b24-13-/t20-/m0/s1. The first-order valence-electron chi connectivity index (χ1n) is 10.3. The van der Waals surface area contributed by atoms with Gasteiger partial charge >= 0.3 is 0 Å². The molecule has 0 saturated carbocycles. The Morgan fingerprint density at radius 1 is 1.26 bits per heavy atom. The Labute approximate surface area is 203 Å². The highest BCUT2D eigenvalue weighted by Crippen LogP contribution is 2.34. The van der Waals surface area contributed by atoms with Crippen molar-refractivity contribution in [2.24, 2.45) is 10.2 Å². The van der Waals surface area contributed by atoms with Crippen molar-refractivity contribution in [3.8, 4) is 17.1 Å². The van der Waals surface area contributed by atoms with E-state index < -0.39 is 10.2 Å². The first-order valence-corrected chi connectivity index (χ1v) is 11.2. The number of carbonyl (C=O) groups is 2. The number of amides is 2. The molecule has 178 valence electrons. The van der Waals surface area contributed by atoms with E-state index in [-0.39, 0.29) is 29.1 Å². The van der Waals surface area contributed by atoms with Crippen molar-refractivity contribution in [1.29, 1.82) is 0 Å². The molecule has 12 heteroatoms. The van der Waals surface area contributed by atoms with Crippen molar-refractivity contribution in [3.63, 3.8) is 0 Å². The molecule has 2 aromatic carbocycles. The van der Waals surface area contributed by atoms with E-state index in [1.165, 1.54) is 31.5 Å². The van der Waals surface area contributed by atoms with Gasteiger partial charge in [0.05, 0.1) is 23.8 Å².